The first-order valence-electron chi connectivity index (χ1n) is 6.48. The highest BCUT2D eigenvalue weighted by Crippen LogP contribution is 2.26. The van der Waals surface area contributed by atoms with Crippen molar-refractivity contribution in [2.45, 2.75) is 19.3 Å². The van der Waals surface area contributed by atoms with E-state index < -0.39 is 0 Å². The zero-order chi connectivity index (χ0) is 15.5. The zero-order valence-electron chi connectivity index (χ0n) is 11.9. The molecule has 0 aromatic carbocycles. The van der Waals surface area contributed by atoms with E-state index in [1.807, 2.05) is 11.4 Å². The van der Waals surface area contributed by atoms with Crippen molar-refractivity contribution in [3.63, 3.8) is 0 Å². The van der Waals surface area contributed by atoms with Gasteiger partial charge in [0.1, 0.15) is 10.7 Å². The summed E-state index contributed by atoms with van der Waals surface area (Å²) in [6, 6.07) is 7.42. The number of rotatable bonds is 5. The molecule has 21 heavy (non-hydrogen) atoms. The Hall–Kier alpha value is -1.79. The third-order valence-electron chi connectivity index (χ3n) is 3.16. The fraction of sp³-hybridized carbons (Fsp3) is 0.267. The van der Waals surface area contributed by atoms with Crippen LogP contribution in [0.2, 0.25) is 0 Å². The summed E-state index contributed by atoms with van der Waals surface area (Å²) in [5, 5.41) is 4.95. The van der Waals surface area contributed by atoms with Crippen LogP contribution in [-0.4, -0.2) is 22.4 Å². The first kappa shape index (κ1) is 15.6. The first-order valence-corrected chi connectivity index (χ1v) is 7.77. The molecule has 0 spiro atoms. The van der Waals surface area contributed by atoms with E-state index in [0.29, 0.717) is 17.8 Å². The van der Waals surface area contributed by atoms with E-state index in [4.69, 9.17) is 18.0 Å². The second-order valence-electron chi connectivity index (χ2n) is 5.34. The van der Waals surface area contributed by atoms with Gasteiger partial charge in [0.15, 0.2) is 0 Å². The van der Waals surface area contributed by atoms with Crippen LogP contribution < -0.4 is 11.1 Å². The molecule has 4 nitrogen and oxygen atoms in total. The molecular formula is C15H17N3OS2. The normalized spacial score (nSPS) is 11.1. The molecule has 0 fully saturated rings. The van der Waals surface area contributed by atoms with Crippen molar-refractivity contribution in [2.75, 3.05) is 6.54 Å². The molecule has 0 unspecified atom stereocenters. The summed E-state index contributed by atoms with van der Waals surface area (Å²) < 4.78 is 0. The number of hydrogen-bond donors (Lipinski definition) is 2. The molecule has 2 rings (SSSR count). The van der Waals surface area contributed by atoms with Crippen molar-refractivity contribution in [3.8, 4) is 0 Å². The van der Waals surface area contributed by atoms with Gasteiger partial charge in [0, 0.05) is 28.6 Å². The third-order valence-corrected chi connectivity index (χ3v) is 4.63. The standard InChI is InChI=1S/C15H17N3OS2/c1-15(2,12-4-3-7-21-12)9-18-14(19)11-6-5-10(8-17-11)13(16)20/h3-8H,9H2,1-2H3,(H2,16,20)(H,18,19). The van der Waals surface area contributed by atoms with E-state index in [0.717, 1.165) is 0 Å². The van der Waals surface area contributed by atoms with Gasteiger partial charge in [-0.05, 0) is 23.6 Å². The van der Waals surface area contributed by atoms with Gasteiger partial charge in [-0.2, -0.15) is 0 Å². The number of hydrogen-bond acceptors (Lipinski definition) is 4. The van der Waals surface area contributed by atoms with Crippen molar-refractivity contribution < 1.29 is 4.79 Å². The van der Waals surface area contributed by atoms with Crippen molar-refractivity contribution in [1.82, 2.24) is 10.3 Å². The van der Waals surface area contributed by atoms with Gasteiger partial charge in [-0.25, -0.2) is 0 Å². The van der Waals surface area contributed by atoms with Crippen molar-refractivity contribution in [2.24, 2.45) is 5.73 Å². The number of thiophene rings is 1. The summed E-state index contributed by atoms with van der Waals surface area (Å²) in [5.74, 6) is -0.200. The van der Waals surface area contributed by atoms with E-state index in [1.54, 1.807) is 23.5 Å². The van der Waals surface area contributed by atoms with E-state index in [9.17, 15) is 4.79 Å². The number of nitrogens with zero attached hydrogens (tertiary/aromatic N) is 1. The Morgan fingerprint density at radius 1 is 1.43 bits per heavy atom. The first-order chi connectivity index (χ1) is 9.90. The van der Waals surface area contributed by atoms with Gasteiger partial charge in [0.05, 0.1) is 0 Å². The van der Waals surface area contributed by atoms with Crippen LogP contribution in [0.5, 0.6) is 0 Å². The van der Waals surface area contributed by atoms with Crippen molar-refractivity contribution in [3.05, 3.63) is 52.0 Å². The van der Waals surface area contributed by atoms with Crippen LogP contribution in [-0.2, 0) is 5.41 Å². The summed E-state index contributed by atoms with van der Waals surface area (Å²) in [6.07, 6.45) is 1.52. The largest absolute Gasteiger partial charge is 0.389 e. The number of carbonyl (C=O) groups is 1. The molecular weight excluding hydrogens is 302 g/mol. The molecule has 0 aliphatic heterocycles. The quantitative estimate of drug-likeness (QED) is 0.831. The molecule has 3 N–H and O–H groups in total. The van der Waals surface area contributed by atoms with E-state index >= 15 is 0 Å². The van der Waals surface area contributed by atoms with Crippen LogP contribution in [0, 0.1) is 0 Å². The summed E-state index contributed by atoms with van der Waals surface area (Å²) in [6.45, 7) is 4.75. The van der Waals surface area contributed by atoms with E-state index in [-0.39, 0.29) is 16.3 Å². The molecule has 1 amide bonds. The number of pyridine rings is 1. The molecule has 2 heterocycles. The SMILES string of the molecule is CC(C)(CNC(=O)c1ccc(C(N)=S)cn1)c1cccs1. The molecule has 2 aromatic rings. The Bertz CT molecular complexity index is 633. The minimum absolute atomic E-state index is 0.109. The lowest BCUT2D eigenvalue weighted by molar-refractivity contribution is 0.0941. The molecule has 110 valence electrons. The number of carbonyl (C=O) groups excluding carboxylic acids is 1. The van der Waals surface area contributed by atoms with E-state index in [1.165, 1.54) is 11.1 Å². The van der Waals surface area contributed by atoms with Gasteiger partial charge in [-0.15, -0.1) is 11.3 Å². The highest BCUT2D eigenvalue weighted by Gasteiger charge is 2.22. The number of amides is 1. The maximum atomic E-state index is 12.1. The molecule has 0 aliphatic carbocycles. The van der Waals surface area contributed by atoms with Crippen LogP contribution in [0.4, 0.5) is 0 Å². The summed E-state index contributed by atoms with van der Waals surface area (Å²) in [7, 11) is 0. The maximum absolute atomic E-state index is 12.1. The fourth-order valence-electron chi connectivity index (χ4n) is 1.82. The van der Waals surface area contributed by atoms with Gasteiger partial charge in [0.2, 0.25) is 0 Å². The maximum Gasteiger partial charge on any atom is 0.269 e. The summed E-state index contributed by atoms with van der Waals surface area (Å²) in [4.78, 5) is 17.7. The number of nitrogens with one attached hydrogen (secondary N) is 1. The van der Waals surface area contributed by atoms with Crippen LogP contribution in [0.15, 0.2) is 35.8 Å². The predicted molar refractivity (Wildman–Crippen MR) is 89.8 cm³/mol. The van der Waals surface area contributed by atoms with Crippen LogP contribution in [0.1, 0.15) is 34.8 Å². The minimum atomic E-state index is -0.200. The summed E-state index contributed by atoms with van der Waals surface area (Å²) >= 11 is 6.54. The monoisotopic (exact) mass is 319 g/mol. The molecule has 2 aromatic heterocycles. The van der Waals surface area contributed by atoms with Crippen LogP contribution in [0.25, 0.3) is 0 Å². The molecule has 0 bridgehead atoms. The van der Waals surface area contributed by atoms with Gasteiger partial charge in [-0.1, -0.05) is 32.1 Å². The third kappa shape index (κ3) is 3.86. The van der Waals surface area contributed by atoms with Crippen molar-refractivity contribution >= 4 is 34.5 Å². The molecule has 0 saturated carbocycles. The highest BCUT2D eigenvalue weighted by molar-refractivity contribution is 7.80. The Labute approximate surface area is 133 Å². The Morgan fingerprint density at radius 2 is 2.19 bits per heavy atom. The van der Waals surface area contributed by atoms with Gasteiger partial charge < -0.3 is 11.1 Å². The highest BCUT2D eigenvalue weighted by atomic mass is 32.1. The number of thiocarbonyl (C=S) groups is 1. The Kier molecular flexibility index (Phi) is 4.69. The fourth-order valence-corrected chi connectivity index (χ4v) is 2.79. The summed E-state index contributed by atoms with van der Waals surface area (Å²) in [5.41, 5.74) is 6.40. The van der Waals surface area contributed by atoms with Crippen molar-refractivity contribution in [1.29, 1.82) is 0 Å². The van der Waals surface area contributed by atoms with Gasteiger partial charge in [-0.3, -0.25) is 9.78 Å². The second-order valence-corrected chi connectivity index (χ2v) is 6.73. The average Bonchev–Trinajstić information content (AvgIpc) is 3.00. The molecule has 0 saturated heterocycles. The lowest BCUT2D eigenvalue weighted by Gasteiger charge is -2.23. The van der Waals surface area contributed by atoms with Crippen LogP contribution >= 0.6 is 23.6 Å². The molecule has 6 heteroatoms. The Morgan fingerprint density at radius 3 is 2.71 bits per heavy atom. The Balaban J connectivity index is 2.00. The molecule has 0 radical (unpaired) electrons. The molecule has 0 atom stereocenters. The topological polar surface area (TPSA) is 68.0 Å². The van der Waals surface area contributed by atoms with Gasteiger partial charge in [0.25, 0.3) is 5.91 Å². The second kappa shape index (κ2) is 6.32. The van der Waals surface area contributed by atoms with E-state index in [2.05, 4.69) is 30.2 Å². The lowest BCUT2D eigenvalue weighted by atomic mass is 9.91. The van der Waals surface area contributed by atoms with Gasteiger partial charge >= 0.3 is 0 Å². The lowest BCUT2D eigenvalue weighted by Crippen LogP contribution is -2.36. The smallest absolute Gasteiger partial charge is 0.269 e. The minimum Gasteiger partial charge on any atom is -0.389 e. The zero-order valence-corrected chi connectivity index (χ0v) is 13.6. The number of nitrogens with two attached hydrogens (primary N) is 1. The molecule has 0 aliphatic rings. The predicted octanol–water partition coefficient (Wildman–Crippen LogP) is 2.48. The van der Waals surface area contributed by atoms with Crippen LogP contribution in [0.3, 0.4) is 0 Å². The number of aromatic nitrogens is 1. The average molecular weight is 319 g/mol.